The van der Waals surface area contributed by atoms with Crippen molar-refractivity contribution in [2.24, 2.45) is 11.5 Å². The fourth-order valence-electron chi connectivity index (χ4n) is 3.43. The van der Waals surface area contributed by atoms with E-state index >= 15 is 0 Å². The lowest BCUT2D eigenvalue weighted by Gasteiger charge is -2.24. The van der Waals surface area contributed by atoms with E-state index < -0.39 is 72.6 Å². The monoisotopic (exact) mass is 536 g/mol. The van der Waals surface area contributed by atoms with Gasteiger partial charge in [0.25, 0.3) is 0 Å². The lowest BCUT2D eigenvalue weighted by molar-refractivity contribution is -0.147. The summed E-state index contributed by atoms with van der Waals surface area (Å²) in [5, 5.41) is 25.7. The number of hydrogen-bond acceptors (Lipinski definition) is 8. The molecule has 15 heteroatoms. The van der Waals surface area contributed by atoms with E-state index in [4.69, 9.17) is 21.7 Å². The van der Waals surface area contributed by atoms with Crippen molar-refractivity contribution in [3.63, 3.8) is 0 Å². The molecule has 0 spiro atoms. The molecule has 4 atom stereocenters. The first-order valence-corrected chi connectivity index (χ1v) is 11.6. The van der Waals surface area contributed by atoms with Crippen LogP contribution < -0.4 is 27.4 Å². The van der Waals surface area contributed by atoms with Crippen molar-refractivity contribution >= 4 is 59.1 Å². The number of rotatable bonds is 14. The number of nitrogens with two attached hydrogens (primary N) is 2. The number of fused-ring (bicyclic) bond motifs is 1. The van der Waals surface area contributed by atoms with Gasteiger partial charge in [0, 0.05) is 29.3 Å². The Hall–Kier alpha value is -4.11. The molecule has 2 aromatic rings. The maximum atomic E-state index is 13.2. The molecule has 0 radical (unpaired) electrons. The zero-order chi connectivity index (χ0) is 27.7. The van der Waals surface area contributed by atoms with E-state index in [-0.39, 0.29) is 12.2 Å². The van der Waals surface area contributed by atoms with E-state index in [9.17, 15) is 28.8 Å². The number of aromatic nitrogens is 1. The first kappa shape index (κ1) is 29.1. The van der Waals surface area contributed by atoms with Gasteiger partial charge >= 0.3 is 11.9 Å². The van der Waals surface area contributed by atoms with Gasteiger partial charge in [-0.1, -0.05) is 18.2 Å². The zero-order valence-electron chi connectivity index (χ0n) is 19.5. The smallest absolute Gasteiger partial charge is 0.326 e. The summed E-state index contributed by atoms with van der Waals surface area (Å²) in [6.07, 6.45) is 0.259. The summed E-state index contributed by atoms with van der Waals surface area (Å²) in [5.41, 5.74) is 12.2. The van der Waals surface area contributed by atoms with Gasteiger partial charge in [0.1, 0.15) is 18.1 Å². The van der Waals surface area contributed by atoms with E-state index in [1.165, 1.54) is 0 Å². The molecule has 0 saturated heterocycles. The fraction of sp³-hybridized carbons (Fsp3) is 0.364. The Morgan fingerprint density at radius 2 is 1.49 bits per heavy atom. The van der Waals surface area contributed by atoms with Gasteiger partial charge in [-0.2, -0.15) is 12.6 Å². The van der Waals surface area contributed by atoms with Crippen molar-refractivity contribution < 1.29 is 39.0 Å². The van der Waals surface area contributed by atoms with Crippen molar-refractivity contribution in [3.05, 3.63) is 36.0 Å². The first-order valence-electron chi connectivity index (χ1n) is 11.0. The largest absolute Gasteiger partial charge is 0.481 e. The van der Waals surface area contributed by atoms with Gasteiger partial charge in [-0.15, -0.1) is 0 Å². The third kappa shape index (κ3) is 8.50. The average molecular weight is 537 g/mol. The number of carboxylic acid groups (broad SMARTS) is 2. The van der Waals surface area contributed by atoms with Gasteiger partial charge in [-0.25, -0.2) is 4.79 Å². The van der Waals surface area contributed by atoms with Gasteiger partial charge in [0.05, 0.1) is 18.9 Å². The Kier molecular flexibility index (Phi) is 10.4. The number of aliphatic carboxylic acids is 2. The maximum Gasteiger partial charge on any atom is 0.326 e. The molecule has 0 fully saturated rings. The zero-order valence-corrected chi connectivity index (χ0v) is 20.4. The Labute approximate surface area is 215 Å². The third-order valence-corrected chi connectivity index (χ3v) is 5.66. The van der Waals surface area contributed by atoms with Crippen LogP contribution in [0.3, 0.4) is 0 Å². The van der Waals surface area contributed by atoms with Crippen LogP contribution >= 0.6 is 12.6 Å². The van der Waals surface area contributed by atoms with Crippen LogP contribution in [0.15, 0.2) is 30.5 Å². The summed E-state index contributed by atoms with van der Waals surface area (Å²) in [4.78, 5) is 74.6. The summed E-state index contributed by atoms with van der Waals surface area (Å²) in [6, 6.07) is 1.50. The molecule has 1 aromatic heterocycles. The second-order valence-electron chi connectivity index (χ2n) is 8.14. The van der Waals surface area contributed by atoms with Crippen LogP contribution in [0.4, 0.5) is 0 Å². The highest BCUT2D eigenvalue weighted by Crippen LogP contribution is 2.19. The van der Waals surface area contributed by atoms with E-state index in [0.29, 0.717) is 5.56 Å². The molecular formula is C22H28N6O8S. The molecule has 10 N–H and O–H groups in total. The van der Waals surface area contributed by atoms with Crippen LogP contribution in [-0.4, -0.2) is 80.7 Å². The molecule has 4 unspecified atom stereocenters. The highest BCUT2D eigenvalue weighted by atomic mass is 32.1. The minimum Gasteiger partial charge on any atom is -0.481 e. The molecule has 1 aromatic carbocycles. The van der Waals surface area contributed by atoms with Crippen LogP contribution in [0.5, 0.6) is 0 Å². The highest BCUT2D eigenvalue weighted by molar-refractivity contribution is 7.80. The second kappa shape index (κ2) is 13.3. The Morgan fingerprint density at radius 1 is 0.892 bits per heavy atom. The fourth-order valence-corrected chi connectivity index (χ4v) is 3.69. The highest BCUT2D eigenvalue weighted by Gasteiger charge is 2.31. The molecule has 200 valence electrons. The van der Waals surface area contributed by atoms with E-state index in [1.54, 1.807) is 18.3 Å². The number of carbonyl (C=O) groups is 6. The van der Waals surface area contributed by atoms with Crippen molar-refractivity contribution in [1.29, 1.82) is 0 Å². The summed E-state index contributed by atoms with van der Waals surface area (Å²) >= 11 is 4.02. The molecule has 4 amide bonds. The summed E-state index contributed by atoms with van der Waals surface area (Å²) in [6.45, 7) is 0. The summed E-state index contributed by atoms with van der Waals surface area (Å²) in [7, 11) is 0. The predicted molar refractivity (Wildman–Crippen MR) is 133 cm³/mol. The third-order valence-electron chi connectivity index (χ3n) is 5.30. The van der Waals surface area contributed by atoms with Crippen LogP contribution in [0.1, 0.15) is 18.4 Å². The molecule has 1 heterocycles. The summed E-state index contributed by atoms with van der Waals surface area (Å²) in [5.74, 6) is -6.77. The van der Waals surface area contributed by atoms with Crippen molar-refractivity contribution in [2.75, 3.05) is 5.75 Å². The van der Waals surface area contributed by atoms with Crippen molar-refractivity contribution in [3.8, 4) is 0 Å². The number of nitrogens with one attached hydrogen (secondary N) is 4. The first-order chi connectivity index (χ1) is 17.4. The molecule has 0 saturated carbocycles. The molecule has 14 nitrogen and oxygen atoms in total. The van der Waals surface area contributed by atoms with Crippen LogP contribution in [0.25, 0.3) is 10.9 Å². The lowest BCUT2D eigenvalue weighted by Crippen LogP contribution is -2.58. The van der Waals surface area contributed by atoms with E-state index in [1.807, 2.05) is 17.4 Å². The average Bonchev–Trinajstić information content (AvgIpc) is 3.23. The van der Waals surface area contributed by atoms with E-state index in [0.717, 1.165) is 10.9 Å². The van der Waals surface area contributed by atoms with Crippen molar-refractivity contribution in [1.82, 2.24) is 20.9 Å². The SMILES string of the molecule is NC(=O)CC(N)C(=O)NC(Cc1c[nH]c2ccccc12)C(=O)NC(CS)C(=O)NC(CC(=O)O)C(=O)O. The summed E-state index contributed by atoms with van der Waals surface area (Å²) < 4.78 is 0. The maximum absolute atomic E-state index is 13.2. The van der Waals surface area contributed by atoms with Gasteiger partial charge in [0.15, 0.2) is 0 Å². The minimum atomic E-state index is -1.74. The number of H-pyrrole nitrogens is 1. The minimum absolute atomic E-state index is 0.0391. The number of primary amides is 1. The molecule has 0 aliphatic carbocycles. The molecule has 37 heavy (non-hydrogen) atoms. The number of thiol groups is 1. The number of carboxylic acids is 2. The molecule has 2 rings (SSSR count). The number of hydrogen-bond donors (Lipinski definition) is 9. The number of para-hydroxylation sites is 1. The Bertz CT molecular complexity index is 1180. The molecule has 0 bridgehead atoms. The number of benzene rings is 1. The van der Waals surface area contributed by atoms with Gasteiger partial charge in [-0.05, 0) is 11.6 Å². The Balaban J connectivity index is 2.24. The van der Waals surface area contributed by atoms with Gasteiger partial charge in [-0.3, -0.25) is 24.0 Å². The lowest BCUT2D eigenvalue weighted by atomic mass is 10.0. The van der Waals surface area contributed by atoms with E-state index in [2.05, 4.69) is 28.2 Å². The topological polar surface area (TPSA) is 247 Å². The molecular weight excluding hydrogens is 508 g/mol. The van der Waals surface area contributed by atoms with Gasteiger partial charge < -0.3 is 42.6 Å². The van der Waals surface area contributed by atoms with Crippen LogP contribution in [0, 0.1) is 0 Å². The van der Waals surface area contributed by atoms with Gasteiger partial charge in [0.2, 0.25) is 23.6 Å². The second-order valence-corrected chi connectivity index (χ2v) is 8.51. The Morgan fingerprint density at radius 3 is 2.08 bits per heavy atom. The normalized spacial score (nSPS) is 14.1. The molecule has 0 aliphatic rings. The predicted octanol–water partition coefficient (Wildman–Crippen LogP) is -2.14. The standard InChI is InChI=1S/C22H28N6O8S/c23-12(6-17(24)29)19(32)26-14(5-10-8-25-13-4-2-1-3-11(10)13)20(33)28-16(9-37)21(34)27-15(22(35)36)7-18(30)31/h1-4,8,12,14-16,25,37H,5-7,9,23H2,(H2,24,29)(H,26,32)(H,27,34)(H,28,33)(H,30,31)(H,35,36). The number of aromatic amines is 1. The number of amides is 4. The van der Waals surface area contributed by atoms with Crippen molar-refractivity contribution in [2.45, 2.75) is 43.4 Å². The van der Waals surface area contributed by atoms with Crippen LogP contribution in [0.2, 0.25) is 0 Å². The van der Waals surface area contributed by atoms with Crippen LogP contribution in [-0.2, 0) is 35.2 Å². The quantitative estimate of drug-likeness (QED) is 0.119. The molecule has 0 aliphatic heterocycles. The number of carbonyl (C=O) groups excluding carboxylic acids is 4.